The lowest BCUT2D eigenvalue weighted by Crippen LogP contribution is -2.63. The fraction of sp³-hybridized carbons (Fsp3) is 0.929. The Morgan fingerprint density at radius 3 is 2.70 bits per heavy atom. The molecule has 2 rings (SSSR count). The Morgan fingerprint density at radius 2 is 2.20 bits per heavy atom. The van der Waals surface area contributed by atoms with Gasteiger partial charge < -0.3 is 20.1 Å². The molecule has 20 heavy (non-hydrogen) atoms. The van der Waals surface area contributed by atoms with Crippen molar-refractivity contribution in [2.75, 3.05) is 27.3 Å². The van der Waals surface area contributed by atoms with Gasteiger partial charge in [0.15, 0.2) is 5.96 Å². The Labute approximate surface area is 139 Å². The van der Waals surface area contributed by atoms with Gasteiger partial charge >= 0.3 is 0 Å². The summed E-state index contributed by atoms with van der Waals surface area (Å²) in [6.07, 6.45) is 4.01. The highest BCUT2D eigenvalue weighted by Crippen LogP contribution is 2.42. The highest BCUT2D eigenvalue weighted by molar-refractivity contribution is 14.0. The van der Waals surface area contributed by atoms with E-state index in [0.29, 0.717) is 18.2 Å². The number of rotatable bonds is 4. The lowest BCUT2D eigenvalue weighted by Gasteiger charge is -2.51. The Balaban J connectivity index is 0.00000200. The first-order chi connectivity index (χ1) is 9.07. The maximum absolute atomic E-state index is 5.60. The molecule has 1 aliphatic carbocycles. The number of guanidine groups is 1. The topological polar surface area (TPSA) is 54.9 Å². The third-order valence-corrected chi connectivity index (χ3v) is 4.52. The summed E-state index contributed by atoms with van der Waals surface area (Å²) in [6.45, 7) is 6.19. The molecule has 1 aliphatic heterocycles. The van der Waals surface area contributed by atoms with Gasteiger partial charge in [-0.05, 0) is 19.3 Å². The van der Waals surface area contributed by atoms with Crippen molar-refractivity contribution < 1.29 is 9.47 Å². The highest BCUT2D eigenvalue weighted by atomic mass is 127. The number of hydrogen-bond acceptors (Lipinski definition) is 3. The number of nitrogens with zero attached hydrogens (tertiary/aromatic N) is 1. The number of nitrogens with one attached hydrogen (secondary N) is 2. The molecule has 0 radical (unpaired) electrons. The van der Waals surface area contributed by atoms with Gasteiger partial charge in [-0.3, -0.25) is 4.99 Å². The molecule has 3 unspecified atom stereocenters. The van der Waals surface area contributed by atoms with Crippen LogP contribution in [0.3, 0.4) is 0 Å². The zero-order valence-corrected chi connectivity index (χ0v) is 15.3. The summed E-state index contributed by atoms with van der Waals surface area (Å²) >= 11 is 0. The quantitative estimate of drug-likeness (QED) is 0.431. The largest absolute Gasteiger partial charge is 0.381 e. The van der Waals surface area contributed by atoms with E-state index in [4.69, 9.17) is 9.47 Å². The van der Waals surface area contributed by atoms with Crippen molar-refractivity contribution in [3.63, 3.8) is 0 Å². The fourth-order valence-corrected chi connectivity index (χ4v) is 2.91. The van der Waals surface area contributed by atoms with E-state index in [-0.39, 0.29) is 29.4 Å². The van der Waals surface area contributed by atoms with Crippen LogP contribution in [0.2, 0.25) is 0 Å². The third kappa shape index (κ3) is 3.98. The molecule has 0 aromatic rings. The van der Waals surface area contributed by atoms with Gasteiger partial charge in [-0.25, -0.2) is 0 Å². The first-order valence-electron chi connectivity index (χ1n) is 7.19. The van der Waals surface area contributed by atoms with E-state index in [0.717, 1.165) is 32.0 Å². The second-order valence-corrected chi connectivity index (χ2v) is 6.07. The van der Waals surface area contributed by atoms with Crippen LogP contribution in [0.4, 0.5) is 0 Å². The Morgan fingerprint density at radius 1 is 1.45 bits per heavy atom. The number of methoxy groups -OCH3 is 1. The zero-order valence-electron chi connectivity index (χ0n) is 12.9. The first kappa shape index (κ1) is 18.0. The second-order valence-electron chi connectivity index (χ2n) is 6.07. The average molecular weight is 397 g/mol. The van der Waals surface area contributed by atoms with Crippen molar-refractivity contribution in [2.45, 2.75) is 51.4 Å². The molecule has 2 fully saturated rings. The zero-order chi connectivity index (χ0) is 13.9. The molecule has 0 bridgehead atoms. The van der Waals surface area contributed by atoms with Crippen molar-refractivity contribution in [2.24, 2.45) is 10.4 Å². The summed E-state index contributed by atoms with van der Waals surface area (Å²) < 4.78 is 11.1. The van der Waals surface area contributed by atoms with Crippen LogP contribution < -0.4 is 10.6 Å². The predicted molar refractivity (Wildman–Crippen MR) is 91.9 cm³/mol. The first-order valence-corrected chi connectivity index (χ1v) is 7.19. The maximum Gasteiger partial charge on any atom is 0.191 e. The minimum Gasteiger partial charge on any atom is -0.381 e. The van der Waals surface area contributed by atoms with Crippen LogP contribution in [-0.4, -0.2) is 51.5 Å². The molecule has 1 heterocycles. The van der Waals surface area contributed by atoms with Crippen molar-refractivity contribution in [3.8, 4) is 0 Å². The normalized spacial score (nSPS) is 32.2. The van der Waals surface area contributed by atoms with Crippen LogP contribution >= 0.6 is 24.0 Å². The van der Waals surface area contributed by atoms with Crippen LogP contribution in [0, 0.1) is 5.41 Å². The fourth-order valence-electron chi connectivity index (χ4n) is 2.91. The minimum atomic E-state index is 0. The summed E-state index contributed by atoms with van der Waals surface area (Å²) in [5.41, 5.74) is 0.149. The Hall–Kier alpha value is -0.0800. The van der Waals surface area contributed by atoms with E-state index < -0.39 is 0 Å². The van der Waals surface area contributed by atoms with E-state index in [9.17, 15) is 0 Å². The number of ether oxygens (including phenoxy) is 2. The molecular weight excluding hydrogens is 369 g/mol. The molecule has 0 amide bonds. The predicted octanol–water partition coefficient (Wildman–Crippen LogP) is 1.76. The highest BCUT2D eigenvalue weighted by Gasteiger charge is 2.48. The molecule has 0 spiro atoms. The van der Waals surface area contributed by atoms with Crippen LogP contribution in [-0.2, 0) is 9.47 Å². The van der Waals surface area contributed by atoms with Gasteiger partial charge in [-0.15, -0.1) is 24.0 Å². The lowest BCUT2D eigenvalue weighted by molar-refractivity contribution is -0.0922. The van der Waals surface area contributed by atoms with Crippen molar-refractivity contribution in [3.05, 3.63) is 0 Å². The minimum absolute atomic E-state index is 0. The molecule has 2 aliphatic rings. The van der Waals surface area contributed by atoms with Crippen molar-refractivity contribution in [1.29, 1.82) is 0 Å². The molecule has 1 saturated carbocycles. The number of hydrogen-bond donors (Lipinski definition) is 2. The molecule has 118 valence electrons. The van der Waals surface area contributed by atoms with Gasteiger partial charge in [0, 0.05) is 38.8 Å². The summed E-state index contributed by atoms with van der Waals surface area (Å²) in [5, 5.41) is 6.84. The van der Waals surface area contributed by atoms with Crippen molar-refractivity contribution >= 4 is 29.9 Å². The second kappa shape index (κ2) is 7.79. The molecule has 3 atom stereocenters. The van der Waals surface area contributed by atoms with Gasteiger partial charge in [0.25, 0.3) is 0 Å². The number of halogens is 1. The molecule has 6 heteroatoms. The maximum atomic E-state index is 5.60. The van der Waals surface area contributed by atoms with E-state index in [1.54, 1.807) is 7.11 Å². The van der Waals surface area contributed by atoms with Crippen molar-refractivity contribution in [1.82, 2.24) is 10.6 Å². The van der Waals surface area contributed by atoms with E-state index in [1.807, 2.05) is 7.05 Å². The van der Waals surface area contributed by atoms with E-state index >= 15 is 0 Å². The standard InChI is InChI=1S/C14H27N3O2.HI/c1-14(2)11(8-12(14)18-4)17-13(15-3)16-9-10-6-5-7-19-10;/h10-12H,5-9H2,1-4H3,(H2,15,16,17);1H. The molecule has 1 saturated heterocycles. The van der Waals surface area contributed by atoms with Gasteiger partial charge in [0.05, 0.1) is 12.2 Å². The van der Waals surface area contributed by atoms with Gasteiger partial charge in [0.2, 0.25) is 0 Å². The number of aliphatic imine (C=N–C) groups is 1. The van der Waals surface area contributed by atoms with Crippen LogP contribution in [0.15, 0.2) is 4.99 Å². The summed E-state index contributed by atoms with van der Waals surface area (Å²) in [4.78, 5) is 4.29. The smallest absolute Gasteiger partial charge is 0.191 e. The van der Waals surface area contributed by atoms with E-state index in [2.05, 4.69) is 29.5 Å². The lowest BCUT2D eigenvalue weighted by atomic mass is 9.64. The Bertz CT molecular complexity index is 330. The average Bonchev–Trinajstić information content (AvgIpc) is 2.90. The molecular formula is C14H28IN3O2. The Kier molecular flexibility index (Phi) is 7.00. The summed E-state index contributed by atoms with van der Waals surface area (Å²) in [7, 11) is 3.59. The van der Waals surface area contributed by atoms with E-state index in [1.165, 1.54) is 6.42 Å². The van der Waals surface area contributed by atoms with Crippen LogP contribution in [0.5, 0.6) is 0 Å². The van der Waals surface area contributed by atoms with Crippen LogP contribution in [0.25, 0.3) is 0 Å². The SMILES string of the molecule is CN=C(NCC1CCCO1)NC1CC(OC)C1(C)C.I. The van der Waals surface area contributed by atoms with Gasteiger partial charge in [-0.1, -0.05) is 13.8 Å². The molecule has 2 N–H and O–H groups in total. The monoisotopic (exact) mass is 397 g/mol. The molecule has 5 nitrogen and oxygen atoms in total. The van der Waals surface area contributed by atoms with Gasteiger partial charge in [0.1, 0.15) is 0 Å². The van der Waals surface area contributed by atoms with Gasteiger partial charge in [-0.2, -0.15) is 0 Å². The molecule has 0 aromatic heterocycles. The van der Waals surface area contributed by atoms with Crippen LogP contribution in [0.1, 0.15) is 33.1 Å². The third-order valence-electron chi connectivity index (χ3n) is 4.52. The molecule has 0 aromatic carbocycles. The summed E-state index contributed by atoms with van der Waals surface area (Å²) in [6, 6.07) is 0.410. The summed E-state index contributed by atoms with van der Waals surface area (Å²) in [5.74, 6) is 0.864.